The summed E-state index contributed by atoms with van der Waals surface area (Å²) >= 11 is 0. The van der Waals surface area contributed by atoms with Crippen LogP contribution in [0.15, 0.2) is 42.5 Å². The maximum Gasteiger partial charge on any atom is 0.244 e. The normalized spacial score (nSPS) is 10.5. The van der Waals surface area contributed by atoms with Gasteiger partial charge in [-0.3, -0.25) is 9.59 Å². The van der Waals surface area contributed by atoms with Crippen LogP contribution in [0.1, 0.15) is 43.0 Å². The zero-order valence-electron chi connectivity index (χ0n) is 16.1. The summed E-state index contributed by atoms with van der Waals surface area (Å²) in [5.41, 5.74) is 5.31. The number of nitrogens with one attached hydrogen (secondary N) is 1. The number of amides is 2. The van der Waals surface area contributed by atoms with Crippen molar-refractivity contribution in [3.63, 3.8) is 0 Å². The van der Waals surface area contributed by atoms with Crippen molar-refractivity contribution < 1.29 is 9.59 Å². The van der Waals surface area contributed by atoms with Crippen molar-refractivity contribution in [1.29, 1.82) is 0 Å². The van der Waals surface area contributed by atoms with Crippen LogP contribution in [0.2, 0.25) is 0 Å². The highest BCUT2D eigenvalue weighted by molar-refractivity contribution is 5.95. The molecule has 2 aromatic carbocycles. The zero-order chi connectivity index (χ0) is 19.1. The van der Waals surface area contributed by atoms with Gasteiger partial charge in [0.15, 0.2) is 0 Å². The van der Waals surface area contributed by atoms with Crippen LogP contribution < -0.4 is 5.32 Å². The minimum atomic E-state index is -0.164. The summed E-state index contributed by atoms with van der Waals surface area (Å²) in [6.07, 6.45) is 1.70. The van der Waals surface area contributed by atoms with Crippen molar-refractivity contribution in [2.24, 2.45) is 0 Å². The lowest BCUT2D eigenvalue weighted by Crippen LogP contribution is -2.36. The van der Waals surface area contributed by atoms with Gasteiger partial charge in [0.2, 0.25) is 11.8 Å². The Hall–Kier alpha value is -2.62. The van der Waals surface area contributed by atoms with E-state index in [-0.39, 0.29) is 18.4 Å². The molecule has 2 aromatic rings. The van der Waals surface area contributed by atoms with Crippen LogP contribution in [0.3, 0.4) is 0 Å². The van der Waals surface area contributed by atoms with Gasteiger partial charge in [-0.15, -0.1) is 0 Å². The van der Waals surface area contributed by atoms with Crippen LogP contribution in [0.25, 0.3) is 0 Å². The monoisotopic (exact) mass is 352 g/mol. The largest absolute Gasteiger partial charge is 0.329 e. The van der Waals surface area contributed by atoms with Gasteiger partial charge in [0, 0.05) is 19.2 Å². The van der Waals surface area contributed by atoms with Crippen molar-refractivity contribution in [2.75, 3.05) is 11.9 Å². The summed E-state index contributed by atoms with van der Waals surface area (Å²) in [6, 6.07) is 14.1. The van der Waals surface area contributed by atoms with E-state index in [9.17, 15) is 9.59 Å². The van der Waals surface area contributed by atoms with Crippen molar-refractivity contribution in [3.05, 3.63) is 64.7 Å². The minimum absolute atomic E-state index is 0.0460. The molecule has 0 unspecified atom stereocenters. The molecule has 0 heterocycles. The van der Waals surface area contributed by atoms with Gasteiger partial charge in [0.05, 0.1) is 0 Å². The second-order valence-corrected chi connectivity index (χ2v) is 6.57. The molecule has 0 aliphatic heterocycles. The fourth-order valence-corrected chi connectivity index (χ4v) is 2.95. The predicted molar refractivity (Wildman–Crippen MR) is 106 cm³/mol. The van der Waals surface area contributed by atoms with Gasteiger partial charge in [-0.05, 0) is 36.5 Å². The smallest absolute Gasteiger partial charge is 0.244 e. The van der Waals surface area contributed by atoms with Crippen LogP contribution in [0.4, 0.5) is 5.69 Å². The molecule has 4 heteroatoms. The molecule has 2 amide bonds. The zero-order valence-corrected chi connectivity index (χ0v) is 16.1. The van der Waals surface area contributed by atoms with Crippen molar-refractivity contribution in [2.45, 2.75) is 47.1 Å². The van der Waals surface area contributed by atoms with Crippen LogP contribution >= 0.6 is 0 Å². The van der Waals surface area contributed by atoms with Crippen molar-refractivity contribution in [3.8, 4) is 0 Å². The maximum atomic E-state index is 12.6. The molecule has 0 aliphatic carbocycles. The molecule has 4 nitrogen and oxygen atoms in total. The highest BCUT2D eigenvalue weighted by Gasteiger charge is 2.16. The van der Waals surface area contributed by atoms with Crippen LogP contribution in [-0.2, 0) is 29.0 Å². The van der Waals surface area contributed by atoms with E-state index in [0.29, 0.717) is 6.54 Å². The summed E-state index contributed by atoms with van der Waals surface area (Å²) in [5.74, 6) is -0.275. The second-order valence-electron chi connectivity index (χ2n) is 6.57. The third-order valence-corrected chi connectivity index (χ3v) is 4.54. The van der Waals surface area contributed by atoms with Crippen LogP contribution in [0, 0.1) is 6.92 Å². The van der Waals surface area contributed by atoms with E-state index in [4.69, 9.17) is 0 Å². The Balaban J connectivity index is 2.11. The first kappa shape index (κ1) is 19.7. The Labute approximate surface area is 156 Å². The molecule has 26 heavy (non-hydrogen) atoms. The van der Waals surface area contributed by atoms with E-state index in [1.807, 2.05) is 49.4 Å². The summed E-state index contributed by atoms with van der Waals surface area (Å²) in [5, 5.41) is 3.03. The third-order valence-electron chi connectivity index (χ3n) is 4.54. The standard InChI is InChI=1S/C22H28N2O2/c1-5-19-8-7-9-20(6-2)22(19)23-21(26)15-24(17(4)25)14-18-12-10-16(3)11-13-18/h7-13H,5-6,14-15H2,1-4H3,(H,23,26). The number of benzene rings is 2. The molecule has 1 N–H and O–H groups in total. The molecular formula is C22H28N2O2. The van der Waals surface area contributed by atoms with Gasteiger partial charge in [0.1, 0.15) is 6.54 Å². The first-order valence-electron chi connectivity index (χ1n) is 9.16. The van der Waals surface area contributed by atoms with Gasteiger partial charge >= 0.3 is 0 Å². The summed E-state index contributed by atoms with van der Waals surface area (Å²) in [7, 11) is 0. The van der Waals surface area contributed by atoms with Gasteiger partial charge < -0.3 is 10.2 Å². The molecule has 0 aromatic heterocycles. The molecule has 0 spiro atoms. The van der Waals surface area contributed by atoms with Crippen molar-refractivity contribution in [1.82, 2.24) is 4.90 Å². The van der Waals surface area contributed by atoms with E-state index in [1.165, 1.54) is 12.5 Å². The number of para-hydroxylation sites is 1. The SMILES string of the molecule is CCc1cccc(CC)c1NC(=O)CN(Cc1ccc(C)cc1)C(C)=O. The fraction of sp³-hybridized carbons (Fsp3) is 0.364. The number of aryl methyl sites for hydroxylation is 3. The van der Waals surface area contributed by atoms with Gasteiger partial charge in [-0.25, -0.2) is 0 Å². The molecule has 0 atom stereocenters. The topological polar surface area (TPSA) is 49.4 Å². The molecule has 0 saturated carbocycles. The molecular weight excluding hydrogens is 324 g/mol. The minimum Gasteiger partial charge on any atom is -0.329 e. The maximum absolute atomic E-state index is 12.6. The molecule has 0 saturated heterocycles. The fourth-order valence-electron chi connectivity index (χ4n) is 2.95. The second kappa shape index (κ2) is 9.18. The number of hydrogen-bond donors (Lipinski definition) is 1. The van der Waals surface area contributed by atoms with E-state index < -0.39 is 0 Å². The van der Waals surface area contributed by atoms with Gasteiger partial charge in [-0.2, -0.15) is 0 Å². The lowest BCUT2D eigenvalue weighted by molar-refractivity contribution is -0.133. The molecule has 138 valence electrons. The molecule has 0 bridgehead atoms. The average molecular weight is 352 g/mol. The van der Waals surface area contributed by atoms with E-state index in [0.717, 1.165) is 35.2 Å². The van der Waals surface area contributed by atoms with E-state index in [2.05, 4.69) is 19.2 Å². The third kappa shape index (κ3) is 5.19. The van der Waals surface area contributed by atoms with Crippen LogP contribution in [-0.4, -0.2) is 23.3 Å². The molecule has 2 rings (SSSR count). The van der Waals surface area contributed by atoms with Crippen LogP contribution in [0.5, 0.6) is 0 Å². The van der Waals surface area contributed by atoms with E-state index in [1.54, 1.807) is 4.90 Å². The Kier molecular flexibility index (Phi) is 6.96. The summed E-state index contributed by atoms with van der Waals surface area (Å²) in [6.45, 7) is 8.15. The molecule has 0 aliphatic rings. The first-order chi connectivity index (χ1) is 12.4. The number of carbonyl (C=O) groups excluding carboxylic acids is 2. The van der Waals surface area contributed by atoms with Gasteiger partial charge in [0.25, 0.3) is 0 Å². The number of rotatable bonds is 7. The molecule has 0 fully saturated rings. The van der Waals surface area contributed by atoms with E-state index >= 15 is 0 Å². The number of nitrogens with zero attached hydrogens (tertiary/aromatic N) is 1. The number of hydrogen-bond acceptors (Lipinski definition) is 2. The first-order valence-corrected chi connectivity index (χ1v) is 9.16. The lowest BCUT2D eigenvalue weighted by atomic mass is 10.0. The Morgan fingerprint density at radius 1 is 0.962 bits per heavy atom. The average Bonchev–Trinajstić information content (AvgIpc) is 2.63. The Bertz CT molecular complexity index is 744. The highest BCUT2D eigenvalue weighted by Crippen LogP contribution is 2.22. The lowest BCUT2D eigenvalue weighted by Gasteiger charge is -2.22. The number of carbonyl (C=O) groups is 2. The number of anilines is 1. The quantitative estimate of drug-likeness (QED) is 0.815. The Morgan fingerprint density at radius 3 is 2.04 bits per heavy atom. The van der Waals surface area contributed by atoms with Gasteiger partial charge in [-0.1, -0.05) is 61.9 Å². The summed E-state index contributed by atoms with van der Waals surface area (Å²) in [4.78, 5) is 26.2. The highest BCUT2D eigenvalue weighted by atomic mass is 16.2. The Morgan fingerprint density at radius 2 is 1.54 bits per heavy atom. The predicted octanol–water partition coefficient (Wildman–Crippen LogP) is 4.11. The van der Waals surface area contributed by atoms with Crippen molar-refractivity contribution >= 4 is 17.5 Å². The molecule has 0 radical (unpaired) electrons. The summed E-state index contributed by atoms with van der Waals surface area (Å²) < 4.78 is 0.